The maximum absolute atomic E-state index is 5.49. The third-order valence-corrected chi connectivity index (χ3v) is 3.25. The third-order valence-electron chi connectivity index (χ3n) is 3.25. The molecule has 3 nitrogen and oxygen atoms in total. The molecule has 2 aromatic rings. The predicted octanol–water partition coefficient (Wildman–Crippen LogP) is 4.09. The van der Waals surface area contributed by atoms with Crippen LogP contribution in [0, 0.1) is 5.92 Å². The zero-order chi connectivity index (χ0) is 14.5. The van der Waals surface area contributed by atoms with Gasteiger partial charge in [-0.15, -0.1) is 0 Å². The molecular formula is C17H23NO2. The van der Waals surface area contributed by atoms with Crippen LogP contribution in [0.2, 0.25) is 0 Å². The third kappa shape index (κ3) is 3.71. The van der Waals surface area contributed by atoms with Crippen LogP contribution in [-0.2, 0) is 4.84 Å². The van der Waals surface area contributed by atoms with Crippen LogP contribution in [0.1, 0.15) is 32.4 Å². The van der Waals surface area contributed by atoms with Crippen molar-refractivity contribution in [2.24, 2.45) is 5.92 Å². The fourth-order valence-corrected chi connectivity index (χ4v) is 2.05. The maximum Gasteiger partial charge on any atom is 0.119 e. The van der Waals surface area contributed by atoms with Gasteiger partial charge in [-0.2, -0.15) is 5.48 Å². The number of hydrogen-bond donors (Lipinski definition) is 1. The van der Waals surface area contributed by atoms with Crippen molar-refractivity contribution < 1.29 is 9.57 Å². The Hall–Kier alpha value is -1.58. The SMILES string of the molecule is COc1ccc2cc(C(C)NOCC(C)C)ccc2c1. The van der Waals surface area contributed by atoms with Crippen LogP contribution in [0.3, 0.4) is 0 Å². The molecule has 0 aromatic heterocycles. The molecule has 0 spiro atoms. The molecule has 1 N–H and O–H groups in total. The Morgan fingerprint density at radius 3 is 2.40 bits per heavy atom. The molecule has 0 bridgehead atoms. The van der Waals surface area contributed by atoms with E-state index in [2.05, 4.69) is 50.5 Å². The quantitative estimate of drug-likeness (QED) is 0.804. The van der Waals surface area contributed by atoms with Crippen molar-refractivity contribution in [2.45, 2.75) is 26.8 Å². The summed E-state index contributed by atoms with van der Waals surface area (Å²) in [5, 5.41) is 2.39. The molecule has 20 heavy (non-hydrogen) atoms. The van der Waals surface area contributed by atoms with Gasteiger partial charge in [0.1, 0.15) is 5.75 Å². The largest absolute Gasteiger partial charge is 0.497 e. The van der Waals surface area contributed by atoms with E-state index in [-0.39, 0.29) is 6.04 Å². The molecule has 0 aliphatic heterocycles. The first-order valence-corrected chi connectivity index (χ1v) is 7.05. The lowest BCUT2D eigenvalue weighted by atomic mass is 10.0. The van der Waals surface area contributed by atoms with Crippen LogP contribution in [-0.4, -0.2) is 13.7 Å². The molecule has 1 unspecified atom stereocenters. The fourth-order valence-electron chi connectivity index (χ4n) is 2.05. The highest BCUT2D eigenvalue weighted by Gasteiger charge is 2.07. The first-order chi connectivity index (χ1) is 9.60. The number of nitrogens with one attached hydrogen (secondary N) is 1. The topological polar surface area (TPSA) is 30.5 Å². The van der Waals surface area contributed by atoms with Gasteiger partial charge in [0.05, 0.1) is 19.8 Å². The van der Waals surface area contributed by atoms with E-state index in [0.29, 0.717) is 5.92 Å². The smallest absolute Gasteiger partial charge is 0.119 e. The van der Waals surface area contributed by atoms with E-state index in [1.165, 1.54) is 16.3 Å². The molecule has 0 saturated heterocycles. The van der Waals surface area contributed by atoms with Crippen LogP contribution in [0.25, 0.3) is 10.8 Å². The minimum Gasteiger partial charge on any atom is -0.497 e. The Morgan fingerprint density at radius 2 is 1.70 bits per heavy atom. The molecule has 0 fully saturated rings. The molecular weight excluding hydrogens is 250 g/mol. The lowest BCUT2D eigenvalue weighted by Crippen LogP contribution is -2.21. The highest BCUT2D eigenvalue weighted by atomic mass is 16.6. The normalized spacial score (nSPS) is 12.8. The Kier molecular flexibility index (Phi) is 4.99. The molecule has 0 amide bonds. The second-order valence-corrected chi connectivity index (χ2v) is 5.52. The van der Waals surface area contributed by atoms with Crippen molar-refractivity contribution in [2.75, 3.05) is 13.7 Å². The van der Waals surface area contributed by atoms with Gasteiger partial charge >= 0.3 is 0 Å². The monoisotopic (exact) mass is 273 g/mol. The van der Waals surface area contributed by atoms with Crippen molar-refractivity contribution in [3.8, 4) is 5.75 Å². The standard InChI is InChI=1S/C17H23NO2/c1-12(2)11-20-18-13(3)14-5-6-16-10-17(19-4)8-7-15(16)9-14/h5-10,12-13,18H,11H2,1-4H3. The molecule has 108 valence electrons. The zero-order valence-electron chi connectivity index (χ0n) is 12.6. The van der Waals surface area contributed by atoms with Crippen LogP contribution in [0.5, 0.6) is 5.75 Å². The van der Waals surface area contributed by atoms with E-state index in [9.17, 15) is 0 Å². The molecule has 1 atom stereocenters. The Bertz CT molecular complexity index is 566. The Labute approximate surface area is 120 Å². The van der Waals surface area contributed by atoms with Crippen molar-refractivity contribution in [3.63, 3.8) is 0 Å². The molecule has 0 aliphatic carbocycles. The van der Waals surface area contributed by atoms with Crippen LogP contribution in [0.4, 0.5) is 0 Å². The average molecular weight is 273 g/mol. The maximum atomic E-state index is 5.49. The van der Waals surface area contributed by atoms with E-state index >= 15 is 0 Å². The lowest BCUT2D eigenvalue weighted by molar-refractivity contribution is 0.00412. The van der Waals surface area contributed by atoms with Gasteiger partial charge in [0, 0.05) is 0 Å². The summed E-state index contributed by atoms with van der Waals surface area (Å²) in [5.74, 6) is 1.41. The van der Waals surface area contributed by atoms with Crippen molar-refractivity contribution in [3.05, 3.63) is 42.0 Å². The van der Waals surface area contributed by atoms with Gasteiger partial charge in [-0.3, -0.25) is 0 Å². The fraction of sp³-hybridized carbons (Fsp3) is 0.412. The second-order valence-electron chi connectivity index (χ2n) is 5.52. The molecule has 2 aromatic carbocycles. The van der Waals surface area contributed by atoms with Crippen molar-refractivity contribution in [1.29, 1.82) is 0 Å². The average Bonchev–Trinajstić information content (AvgIpc) is 2.45. The summed E-state index contributed by atoms with van der Waals surface area (Å²) in [6.45, 7) is 7.09. The minimum atomic E-state index is 0.167. The number of ether oxygens (including phenoxy) is 1. The molecule has 3 heteroatoms. The highest BCUT2D eigenvalue weighted by molar-refractivity contribution is 5.84. The van der Waals surface area contributed by atoms with Gasteiger partial charge in [-0.1, -0.05) is 32.0 Å². The van der Waals surface area contributed by atoms with Crippen molar-refractivity contribution in [1.82, 2.24) is 5.48 Å². The number of fused-ring (bicyclic) bond motifs is 1. The lowest BCUT2D eigenvalue weighted by Gasteiger charge is -2.16. The molecule has 0 heterocycles. The number of methoxy groups -OCH3 is 1. The van der Waals surface area contributed by atoms with Gasteiger partial charge < -0.3 is 9.57 Å². The first kappa shape index (κ1) is 14.8. The Balaban J connectivity index is 2.10. The molecule has 0 saturated carbocycles. The highest BCUT2D eigenvalue weighted by Crippen LogP contribution is 2.24. The summed E-state index contributed by atoms with van der Waals surface area (Å²) in [6.07, 6.45) is 0. The summed E-state index contributed by atoms with van der Waals surface area (Å²) >= 11 is 0. The number of benzene rings is 2. The minimum absolute atomic E-state index is 0.167. The van der Waals surface area contributed by atoms with Gasteiger partial charge in [0.25, 0.3) is 0 Å². The van der Waals surface area contributed by atoms with Crippen LogP contribution < -0.4 is 10.2 Å². The van der Waals surface area contributed by atoms with Gasteiger partial charge in [-0.25, -0.2) is 0 Å². The van der Waals surface area contributed by atoms with Gasteiger partial charge in [0.2, 0.25) is 0 Å². The number of rotatable bonds is 6. The Morgan fingerprint density at radius 1 is 1.00 bits per heavy atom. The second kappa shape index (κ2) is 6.73. The van der Waals surface area contributed by atoms with Gasteiger partial charge in [-0.05, 0) is 47.4 Å². The molecule has 0 aliphatic rings. The van der Waals surface area contributed by atoms with E-state index in [0.717, 1.165) is 12.4 Å². The van der Waals surface area contributed by atoms with Crippen molar-refractivity contribution >= 4 is 10.8 Å². The van der Waals surface area contributed by atoms with E-state index in [4.69, 9.17) is 9.57 Å². The summed E-state index contributed by atoms with van der Waals surface area (Å²) in [6, 6.07) is 12.7. The van der Waals surface area contributed by atoms with E-state index in [1.54, 1.807) is 7.11 Å². The first-order valence-electron chi connectivity index (χ1n) is 7.05. The van der Waals surface area contributed by atoms with Crippen LogP contribution in [0.15, 0.2) is 36.4 Å². The van der Waals surface area contributed by atoms with Crippen LogP contribution >= 0.6 is 0 Å². The van der Waals surface area contributed by atoms with Gasteiger partial charge in [0.15, 0.2) is 0 Å². The number of hydrogen-bond acceptors (Lipinski definition) is 3. The zero-order valence-corrected chi connectivity index (χ0v) is 12.6. The predicted molar refractivity (Wildman–Crippen MR) is 82.8 cm³/mol. The van der Waals surface area contributed by atoms with E-state index in [1.807, 2.05) is 12.1 Å². The van der Waals surface area contributed by atoms with E-state index < -0.39 is 0 Å². The summed E-state index contributed by atoms with van der Waals surface area (Å²) in [4.78, 5) is 5.49. The number of hydroxylamine groups is 1. The summed E-state index contributed by atoms with van der Waals surface area (Å²) < 4.78 is 5.24. The molecule has 2 rings (SSSR count). The molecule has 0 radical (unpaired) electrons. The summed E-state index contributed by atoms with van der Waals surface area (Å²) in [7, 11) is 1.69. The summed E-state index contributed by atoms with van der Waals surface area (Å²) in [5.41, 5.74) is 4.31.